The maximum Gasteiger partial charge on any atom is 0.329 e. The average molecular weight is 414 g/mol. The summed E-state index contributed by atoms with van der Waals surface area (Å²) in [6.07, 6.45) is 3.86. The number of ether oxygens (including phenoxy) is 1. The number of carboxylic acids is 1. The predicted molar refractivity (Wildman–Crippen MR) is 112 cm³/mol. The summed E-state index contributed by atoms with van der Waals surface area (Å²) < 4.78 is 19.7. The van der Waals surface area contributed by atoms with E-state index in [2.05, 4.69) is 5.32 Å². The van der Waals surface area contributed by atoms with Gasteiger partial charge in [0.25, 0.3) is 0 Å². The number of halogens is 1. The molecule has 2 N–H and O–H groups in total. The quantitative estimate of drug-likeness (QED) is 0.663. The summed E-state index contributed by atoms with van der Waals surface area (Å²) in [6.45, 7) is 0.612. The lowest BCUT2D eigenvalue weighted by Crippen LogP contribution is -2.40. The van der Waals surface area contributed by atoms with Crippen LogP contribution in [0.5, 0.6) is 0 Å². The number of carboxylic acid groups (broad SMARTS) is 1. The van der Waals surface area contributed by atoms with Crippen molar-refractivity contribution < 1.29 is 23.8 Å². The van der Waals surface area contributed by atoms with Gasteiger partial charge in [-0.25, -0.2) is 14.0 Å². The van der Waals surface area contributed by atoms with E-state index in [4.69, 9.17) is 9.84 Å². The number of hydrogen-bond acceptors (Lipinski definition) is 3. The Labute approximate surface area is 175 Å². The molecule has 0 spiro atoms. The number of anilines is 2. The van der Waals surface area contributed by atoms with E-state index in [1.165, 1.54) is 11.0 Å². The molecular weight excluding hydrogens is 387 g/mol. The molecule has 2 aromatic carbocycles. The number of nitrogens with zero attached hydrogens (tertiary/aromatic N) is 1. The Morgan fingerprint density at radius 2 is 1.77 bits per heavy atom. The fourth-order valence-corrected chi connectivity index (χ4v) is 3.94. The van der Waals surface area contributed by atoms with E-state index < -0.39 is 11.8 Å². The predicted octanol–water partition coefficient (Wildman–Crippen LogP) is 4.58. The molecule has 1 saturated carbocycles. The summed E-state index contributed by atoms with van der Waals surface area (Å²) in [4.78, 5) is 25.0. The number of amides is 2. The second-order valence-electron chi connectivity index (χ2n) is 7.62. The summed E-state index contributed by atoms with van der Waals surface area (Å²) in [5.41, 5.74) is 0.786. The van der Waals surface area contributed by atoms with Gasteiger partial charge in [0.15, 0.2) is 0 Å². The molecule has 0 radical (unpaired) electrons. The Morgan fingerprint density at radius 1 is 1.07 bits per heavy atom. The number of benzene rings is 2. The van der Waals surface area contributed by atoms with E-state index in [-0.39, 0.29) is 30.2 Å². The number of carbonyl (C=O) groups excluding carboxylic acids is 1. The third-order valence-electron chi connectivity index (χ3n) is 5.32. The van der Waals surface area contributed by atoms with E-state index in [9.17, 15) is 14.0 Å². The number of carbonyl (C=O) groups is 2. The molecule has 1 fully saturated rings. The van der Waals surface area contributed by atoms with Crippen LogP contribution in [0.25, 0.3) is 0 Å². The molecule has 2 amide bonds. The SMILES string of the molecule is O=C(O)COCC1CCCC(CNC(=O)N(c2ccccc2)c2ccccc2F)C1. The molecule has 0 saturated heterocycles. The highest BCUT2D eigenvalue weighted by atomic mass is 19.1. The zero-order chi connectivity index (χ0) is 21.3. The third-order valence-corrected chi connectivity index (χ3v) is 5.32. The maximum absolute atomic E-state index is 14.4. The minimum absolute atomic E-state index is 0.199. The Balaban J connectivity index is 1.62. The van der Waals surface area contributed by atoms with Gasteiger partial charge in [0.2, 0.25) is 0 Å². The lowest BCUT2D eigenvalue weighted by molar-refractivity contribution is -0.142. The topological polar surface area (TPSA) is 78.9 Å². The molecule has 7 heteroatoms. The van der Waals surface area contributed by atoms with Gasteiger partial charge in [0, 0.05) is 6.54 Å². The Kier molecular flexibility index (Phi) is 7.79. The van der Waals surface area contributed by atoms with Crippen LogP contribution in [0, 0.1) is 17.7 Å². The standard InChI is InChI=1S/C23H27FN2O4/c24-20-11-4-5-12-21(20)26(19-9-2-1-3-10-19)23(29)25-14-17-7-6-8-18(13-17)15-30-16-22(27)28/h1-5,9-12,17-18H,6-8,13-16H2,(H,25,29)(H,27,28). The lowest BCUT2D eigenvalue weighted by Gasteiger charge is -2.30. The van der Waals surface area contributed by atoms with Crippen LogP contribution in [0.3, 0.4) is 0 Å². The first-order valence-electron chi connectivity index (χ1n) is 10.2. The van der Waals surface area contributed by atoms with Crippen LogP contribution in [0.2, 0.25) is 0 Å². The van der Waals surface area contributed by atoms with Gasteiger partial charge in [0.05, 0.1) is 18.0 Å². The van der Waals surface area contributed by atoms with Crippen LogP contribution in [-0.4, -0.2) is 36.9 Å². The van der Waals surface area contributed by atoms with Crippen LogP contribution in [-0.2, 0) is 9.53 Å². The number of rotatable bonds is 8. The van der Waals surface area contributed by atoms with Gasteiger partial charge in [-0.1, -0.05) is 36.8 Å². The average Bonchev–Trinajstić information content (AvgIpc) is 2.75. The zero-order valence-corrected chi connectivity index (χ0v) is 16.8. The zero-order valence-electron chi connectivity index (χ0n) is 16.8. The van der Waals surface area contributed by atoms with Gasteiger partial charge in [0.1, 0.15) is 12.4 Å². The minimum atomic E-state index is -0.969. The third kappa shape index (κ3) is 6.03. The first-order chi connectivity index (χ1) is 14.5. The number of nitrogens with one attached hydrogen (secondary N) is 1. The van der Waals surface area contributed by atoms with E-state index in [0.717, 1.165) is 25.7 Å². The van der Waals surface area contributed by atoms with Crippen LogP contribution in [0.4, 0.5) is 20.6 Å². The fourth-order valence-electron chi connectivity index (χ4n) is 3.94. The molecule has 3 rings (SSSR count). The van der Waals surface area contributed by atoms with Crippen LogP contribution >= 0.6 is 0 Å². The lowest BCUT2D eigenvalue weighted by atomic mass is 9.82. The first-order valence-corrected chi connectivity index (χ1v) is 10.2. The number of urea groups is 1. The molecule has 1 aliphatic rings. The van der Waals surface area contributed by atoms with E-state index in [1.807, 2.05) is 6.07 Å². The van der Waals surface area contributed by atoms with E-state index >= 15 is 0 Å². The molecule has 1 aliphatic carbocycles. The molecule has 2 aromatic rings. The molecule has 2 unspecified atom stereocenters. The summed E-state index contributed by atoms with van der Waals surface area (Å²) >= 11 is 0. The Bertz CT molecular complexity index is 846. The number of hydrogen-bond donors (Lipinski definition) is 2. The van der Waals surface area contributed by atoms with Crippen molar-refractivity contribution in [2.24, 2.45) is 11.8 Å². The molecule has 0 bridgehead atoms. The summed E-state index contributed by atoms with van der Waals surface area (Å²) in [5, 5.41) is 11.7. The highest BCUT2D eigenvalue weighted by molar-refractivity contribution is 5.99. The van der Waals surface area contributed by atoms with Crippen molar-refractivity contribution in [1.29, 1.82) is 0 Å². The molecule has 0 heterocycles. The smallest absolute Gasteiger partial charge is 0.329 e. The number of para-hydroxylation sites is 2. The highest BCUT2D eigenvalue weighted by Crippen LogP contribution is 2.30. The van der Waals surface area contributed by atoms with Crippen molar-refractivity contribution in [3.05, 3.63) is 60.4 Å². The van der Waals surface area contributed by atoms with E-state index in [0.29, 0.717) is 18.8 Å². The van der Waals surface area contributed by atoms with Crippen LogP contribution in [0.1, 0.15) is 25.7 Å². The van der Waals surface area contributed by atoms with Crippen LogP contribution in [0.15, 0.2) is 54.6 Å². The van der Waals surface area contributed by atoms with Gasteiger partial charge in [-0.05, 0) is 55.4 Å². The Morgan fingerprint density at radius 3 is 2.50 bits per heavy atom. The molecule has 160 valence electrons. The Hall–Kier alpha value is -2.93. The largest absolute Gasteiger partial charge is 0.480 e. The summed E-state index contributed by atoms with van der Waals surface area (Å²) in [7, 11) is 0. The van der Waals surface area contributed by atoms with Gasteiger partial charge in [-0.15, -0.1) is 0 Å². The molecule has 0 aliphatic heterocycles. The first kappa shape index (κ1) is 21.8. The molecule has 30 heavy (non-hydrogen) atoms. The van der Waals surface area contributed by atoms with Crippen molar-refractivity contribution >= 4 is 23.4 Å². The van der Waals surface area contributed by atoms with Gasteiger partial charge in [-0.3, -0.25) is 4.90 Å². The molecule has 0 aromatic heterocycles. The van der Waals surface area contributed by atoms with Gasteiger partial charge in [-0.2, -0.15) is 0 Å². The van der Waals surface area contributed by atoms with E-state index in [1.54, 1.807) is 42.5 Å². The second kappa shape index (κ2) is 10.7. The van der Waals surface area contributed by atoms with Crippen molar-refractivity contribution in [1.82, 2.24) is 5.32 Å². The second-order valence-corrected chi connectivity index (χ2v) is 7.62. The number of aliphatic carboxylic acids is 1. The monoisotopic (exact) mass is 414 g/mol. The molecule has 6 nitrogen and oxygen atoms in total. The van der Waals surface area contributed by atoms with Crippen molar-refractivity contribution in [2.45, 2.75) is 25.7 Å². The molecule has 2 atom stereocenters. The molecular formula is C23H27FN2O4. The minimum Gasteiger partial charge on any atom is -0.480 e. The normalized spacial score (nSPS) is 18.6. The van der Waals surface area contributed by atoms with Crippen molar-refractivity contribution in [3.8, 4) is 0 Å². The summed E-state index contributed by atoms with van der Waals surface area (Å²) in [6, 6.07) is 14.8. The van der Waals surface area contributed by atoms with Crippen molar-refractivity contribution in [2.75, 3.05) is 24.7 Å². The highest BCUT2D eigenvalue weighted by Gasteiger charge is 2.25. The fraction of sp³-hybridized carbons (Fsp3) is 0.391. The van der Waals surface area contributed by atoms with Gasteiger partial charge >= 0.3 is 12.0 Å². The van der Waals surface area contributed by atoms with Crippen molar-refractivity contribution in [3.63, 3.8) is 0 Å². The summed E-state index contributed by atoms with van der Waals surface area (Å²) in [5.74, 6) is -0.871. The van der Waals surface area contributed by atoms with Gasteiger partial charge < -0.3 is 15.2 Å². The maximum atomic E-state index is 14.4. The van der Waals surface area contributed by atoms with Crippen LogP contribution < -0.4 is 10.2 Å².